The van der Waals surface area contributed by atoms with Crippen molar-refractivity contribution in [2.24, 2.45) is 5.73 Å². The molecule has 15 heavy (non-hydrogen) atoms. The Kier molecular flexibility index (Phi) is 4.55. The van der Waals surface area contributed by atoms with Gasteiger partial charge in [0, 0.05) is 25.4 Å². The monoisotopic (exact) mass is 213 g/mol. The lowest BCUT2D eigenvalue weighted by Crippen LogP contribution is -2.36. The van der Waals surface area contributed by atoms with Crippen LogP contribution in [0, 0.1) is 0 Å². The van der Waals surface area contributed by atoms with Crippen molar-refractivity contribution < 1.29 is 9.59 Å². The summed E-state index contributed by atoms with van der Waals surface area (Å²) >= 11 is 0. The Morgan fingerprint density at radius 2 is 2.47 bits per heavy atom. The second-order valence-corrected chi connectivity index (χ2v) is 4.14. The number of nitrogens with two attached hydrogens (primary N) is 1. The molecule has 0 bridgehead atoms. The van der Waals surface area contributed by atoms with Gasteiger partial charge >= 0.3 is 0 Å². The van der Waals surface area contributed by atoms with Gasteiger partial charge in [0.15, 0.2) is 0 Å². The number of hydrogen-bond donors (Lipinski definition) is 3. The van der Waals surface area contributed by atoms with Crippen molar-refractivity contribution in [2.45, 2.75) is 44.7 Å². The molecule has 4 N–H and O–H groups in total. The molecule has 0 aliphatic carbocycles. The fourth-order valence-electron chi connectivity index (χ4n) is 1.59. The summed E-state index contributed by atoms with van der Waals surface area (Å²) < 4.78 is 0. The molecule has 0 saturated carbocycles. The number of carbonyl (C=O) groups is 2. The van der Waals surface area contributed by atoms with E-state index in [2.05, 4.69) is 10.6 Å². The molecule has 1 rings (SSSR count). The van der Waals surface area contributed by atoms with Crippen molar-refractivity contribution in [3.63, 3.8) is 0 Å². The van der Waals surface area contributed by atoms with Crippen LogP contribution in [0.4, 0.5) is 0 Å². The van der Waals surface area contributed by atoms with E-state index in [9.17, 15) is 9.59 Å². The molecule has 2 unspecified atom stereocenters. The predicted octanol–water partition coefficient (Wildman–Crippen LogP) is -0.491. The third-order valence-corrected chi connectivity index (χ3v) is 2.41. The van der Waals surface area contributed by atoms with E-state index in [-0.39, 0.29) is 23.9 Å². The van der Waals surface area contributed by atoms with E-state index in [4.69, 9.17) is 5.73 Å². The quantitative estimate of drug-likeness (QED) is 0.576. The highest BCUT2D eigenvalue weighted by Gasteiger charge is 2.22. The average Bonchev–Trinajstić information content (AvgIpc) is 2.50. The van der Waals surface area contributed by atoms with Crippen LogP contribution in [-0.4, -0.2) is 30.4 Å². The lowest BCUT2D eigenvalue weighted by atomic mass is 10.1. The fourth-order valence-corrected chi connectivity index (χ4v) is 1.59. The maximum atomic E-state index is 11.4. The predicted molar refractivity (Wildman–Crippen MR) is 57.1 cm³/mol. The molecular formula is C10H19N3O2. The maximum Gasteiger partial charge on any atom is 0.222 e. The average molecular weight is 213 g/mol. The smallest absolute Gasteiger partial charge is 0.222 e. The summed E-state index contributed by atoms with van der Waals surface area (Å²) in [7, 11) is 0. The highest BCUT2D eigenvalue weighted by atomic mass is 16.2. The maximum absolute atomic E-state index is 11.4. The lowest BCUT2D eigenvalue weighted by Gasteiger charge is -2.10. The first-order chi connectivity index (χ1) is 7.08. The third kappa shape index (κ3) is 4.78. The summed E-state index contributed by atoms with van der Waals surface area (Å²) in [6.07, 6.45) is 2.55. The third-order valence-electron chi connectivity index (χ3n) is 2.41. The van der Waals surface area contributed by atoms with Gasteiger partial charge in [-0.3, -0.25) is 9.59 Å². The van der Waals surface area contributed by atoms with Crippen LogP contribution in [-0.2, 0) is 9.59 Å². The Hall–Kier alpha value is -1.10. The largest absolute Gasteiger partial charge is 0.354 e. The Morgan fingerprint density at radius 3 is 3.00 bits per heavy atom. The van der Waals surface area contributed by atoms with E-state index in [1.165, 1.54) is 0 Å². The van der Waals surface area contributed by atoms with Gasteiger partial charge < -0.3 is 16.4 Å². The second kappa shape index (κ2) is 5.70. The molecule has 2 amide bonds. The zero-order chi connectivity index (χ0) is 11.3. The van der Waals surface area contributed by atoms with Crippen LogP contribution in [0.1, 0.15) is 32.6 Å². The summed E-state index contributed by atoms with van der Waals surface area (Å²) in [5, 5.41) is 5.50. The second-order valence-electron chi connectivity index (χ2n) is 4.14. The van der Waals surface area contributed by atoms with Crippen molar-refractivity contribution in [1.29, 1.82) is 0 Å². The van der Waals surface area contributed by atoms with E-state index in [1.807, 2.05) is 6.92 Å². The zero-order valence-corrected chi connectivity index (χ0v) is 9.08. The van der Waals surface area contributed by atoms with Crippen molar-refractivity contribution in [1.82, 2.24) is 10.6 Å². The van der Waals surface area contributed by atoms with Crippen molar-refractivity contribution in [3.8, 4) is 0 Å². The molecule has 0 aromatic carbocycles. The van der Waals surface area contributed by atoms with Gasteiger partial charge in [0.1, 0.15) is 0 Å². The topological polar surface area (TPSA) is 84.2 Å². The van der Waals surface area contributed by atoms with Gasteiger partial charge in [-0.05, 0) is 19.8 Å². The van der Waals surface area contributed by atoms with Gasteiger partial charge in [0.25, 0.3) is 0 Å². The summed E-state index contributed by atoms with van der Waals surface area (Å²) in [5.41, 5.74) is 5.57. The minimum Gasteiger partial charge on any atom is -0.354 e. The minimum absolute atomic E-state index is 0.0101. The summed E-state index contributed by atoms with van der Waals surface area (Å²) in [6, 6.07) is 0.118. The van der Waals surface area contributed by atoms with E-state index in [0.29, 0.717) is 19.4 Å². The SMILES string of the molecule is CC(N)CCCC(=O)NC1CNC(=O)C1. The molecule has 0 radical (unpaired) electrons. The Labute approximate surface area is 89.8 Å². The number of nitrogens with one attached hydrogen (secondary N) is 2. The van der Waals surface area contributed by atoms with Gasteiger partial charge in [-0.15, -0.1) is 0 Å². The highest BCUT2D eigenvalue weighted by Crippen LogP contribution is 2.02. The van der Waals surface area contributed by atoms with Crippen LogP contribution in [0.15, 0.2) is 0 Å². The molecule has 1 heterocycles. The standard InChI is InChI=1S/C10H19N3O2/c1-7(11)3-2-4-9(14)13-8-5-10(15)12-6-8/h7-8H,2-6,11H2,1H3,(H,12,15)(H,13,14). The zero-order valence-electron chi connectivity index (χ0n) is 9.08. The van der Waals surface area contributed by atoms with Gasteiger partial charge in [0.05, 0.1) is 6.04 Å². The Balaban J connectivity index is 2.10. The van der Waals surface area contributed by atoms with Crippen LogP contribution in [0.25, 0.3) is 0 Å². The molecule has 86 valence electrons. The van der Waals surface area contributed by atoms with E-state index in [0.717, 1.165) is 12.8 Å². The molecular weight excluding hydrogens is 194 g/mol. The molecule has 5 heteroatoms. The van der Waals surface area contributed by atoms with Crippen molar-refractivity contribution in [2.75, 3.05) is 6.54 Å². The highest BCUT2D eigenvalue weighted by molar-refractivity contribution is 5.81. The first-order valence-corrected chi connectivity index (χ1v) is 5.39. The van der Waals surface area contributed by atoms with Crippen LogP contribution in [0.5, 0.6) is 0 Å². The molecule has 1 fully saturated rings. The molecule has 2 atom stereocenters. The number of rotatable bonds is 5. The van der Waals surface area contributed by atoms with E-state index >= 15 is 0 Å². The summed E-state index contributed by atoms with van der Waals surface area (Å²) in [5.74, 6) is 0.0213. The summed E-state index contributed by atoms with van der Waals surface area (Å²) in [6.45, 7) is 2.48. The van der Waals surface area contributed by atoms with Crippen LogP contribution in [0.3, 0.4) is 0 Å². The molecule has 1 saturated heterocycles. The molecule has 1 aliphatic heterocycles. The molecule has 5 nitrogen and oxygen atoms in total. The first kappa shape index (κ1) is 12.0. The Morgan fingerprint density at radius 1 is 1.73 bits per heavy atom. The molecule has 1 aliphatic rings. The van der Waals surface area contributed by atoms with E-state index < -0.39 is 0 Å². The number of carbonyl (C=O) groups excluding carboxylic acids is 2. The van der Waals surface area contributed by atoms with Gasteiger partial charge in [-0.2, -0.15) is 0 Å². The fraction of sp³-hybridized carbons (Fsp3) is 0.800. The van der Waals surface area contributed by atoms with E-state index in [1.54, 1.807) is 0 Å². The molecule has 0 spiro atoms. The van der Waals surface area contributed by atoms with Gasteiger partial charge in [-0.25, -0.2) is 0 Å². The van der Waals surface area contributed by atoms with Gasteiger partial charge in [-0.1, -0.05) is 0 Å². The normalized spacial score (nSPS) is 22.3. The molecule has 0 aromatic heterocycles. The van der Waals surface area contributed by atoms with Gasteiger partial charge in [0.2, 0.25) is 11.8 Å². The number of amides is 2. The van der Waals surface area contributed by atoms with Crippen molar-refractivity contribution >= 4 is 11.8 Å². The van der Waals surface area contributed by atoms with Crippen LogP contribution in [0.2, 0.25) is 0 Å². The first-order valence-electron chi connectivity index (χ1n) is 5.39. The lowest BCUT2D eigenvalue weighted by molar-refractivity contribution is -0.121. The molecule has 0 aromatic rings. The van der Waals surface area contributed by atoms with Crippen LogP contribution < -0.4 is 16.4 Å². The summed E-state index contributed by atoms with van der Waals surface area (Å²) in [4.78, 5) is 22.3. The Bertz CT molecular complexity index is 241. The number of hydrogen-bond acceptors (Lipinski definition) is 3. The van der Waals surface area contributed by atoms with Crippen LogP contribution >= 0.6 is 0 Å². The minimum atomic E-state index is -0.0275. The van der Waals surface area contributed by atoms with Crippen molar-refractivity contribution in [3.05, 3.63) is 0 Å².